The zero-order chi connectivity index (χ0) is 14.6. The molecule has 0 aliphatic heterocycles. The third-order valence-corrected chi connectivity index (χ3v) is 5.48. The highest BCUT2D eigenvalue weighted by Gasteiger charge is 2.76. The average molecular weight is 266 g/mol. The lowest BCUT2D eigenvalue weighted by Gasteiger charge is -2.38. The SMILES string of the molecule is CC(C)NC(=O)C12CCC(C)(/C(=N/O)C1=O)C2(C)C. The molecular weight excluding hydrogens is 244 g/mol. The number of nitrogens with zero attached hydrogens (tertiary/aromatic N) is 1. The van der Waals surface area contributed by atoms with Crippen LogP contribution in [-0.4, -0.2) is 28.7 Å². The van der Waals surface area contributed by atoms with E-state index in [0.29, 0.717) is 12.8 Å². The van der Waals surface area contributed by atoms with Gasteiger partial charge in [0.05, 0.1) is 0 Å². The lowest BCUT2D eigenvalue weighted by atomic mass is 9.64. The molecule has 2 aliphatic rings. The number of hydrogen-bond donors (Lipinski definition) is 2. The van der Waals surface area contributed by atoms with Crippen molar-refractivity contribution in [2.45, 2.75) is 53.5 Å². The van der Waals surface area contributed by atoms with Gasteiger partial charge in [0.1, 0.15) is 11.1 Å². The van der Waals surface area contributed by atoms with Gasteiger partial charge in [-0.15, -0.1) is 0 Å². The Morgan fingerprint density at radius 1 is 1.32 bits per heavy atom. The molecule has 0 aromatic rings. The van der Waals surface area contributed by atoms with Crippen molar-refractivity contribution in [3.63, 3.8) is 0 Å². The molecule has 19 heavy (non-hydrogen) atoms. The molecule has 2 bridgehead atoms. The predicted octanol–water partition coefficient (Wildman–Crippen LogP) is 1.74. The molecule has 0 aromatic heterocycles. The van der Waals surface area contributed by atoms with Gasteiger partial charge in [0, 0.05) is 11.5 Å². The van der Waals surface area contributed by atoms with Crippen molar-refractivity contribution in [1.82, 2.24) is 5.32 Å². The molecule has 0 spiro atoms. The molecule has 1 amide bonds. The smallest absolute Gasteiger partial charge is 0.234 e. The summed E-state index contributed by atoms with van der Waals surface area (Å²) in [5.74, 6) is -0.549. The van der Waals surface area contributed by atoms with Gasteiger partial charge in [0.2, 0.25) is 5.91 Å². The molecule has 2 unspecified atom stereocenters. The van der Waals surface area contributed by atoms with Gasteiger partial charge in [0.25, 0.3) is 0 Å². The second-order valence-corrected chi connectivity index (χ2v) is 6.77. The Hall–Kier alpha value is -1.39. The Morgan fingerprint density at radius 2 is 1.89 bits per heavy atom. The molecule has 0 saturated heterocycles. The minimum Gasteiger partial charge on any atom is -0.411 e. The van der Waals surface area contributed by atoms with Crippen LogP contribution in [0.1, 0.15) is 47.5 Å². The van der Waals surface area contributed by atoms with Gasteiger partial charge in [-0.05, 0) is 32.1 Å². The number of Topliss-reactive ketones (excluding diaryl/α,β-unsaturated/α-hetero) is 1. The fourth-order valence-electron chi connectivity index (χ4n) is 3.84. The van der Waals surface area contributed by atoms with Crippen LogP contribution in [0.5, 0.6) is 0 Å². The Kier molecular flexibility index (Phi) is 2.81. The molecule has 0 radical (unpaired) electrons. The standard InChI is InChI=1S/C14H22N2O3/c1-8(2)15-11(18)14-7-6-13(5,12(14,3)4)9(16-19)10(14)17/h8,19H,6-7H2,1-5H3,(H,15,18)/b16-9+. The van der Waals surface area contributed by atoms with Crippen molar-refractivity contribution in [3.05, 3.63) is 0 Å². The van der Waals surface area contributed by atoms with E-state index in [-0.39, 0.29) is 23.4 Å². The van der Waals surface area contributed by atoms with Crippen LogP contribution in [0.15, 0.2) is 5.16 Å². The summed E-state index contributed by atoms with van der Waals surface area (Å²) < 4.78 is 0. The maximum absolute atomic E-state index is 12.6. The summed E-state index contributed by atoms with van der Waals surface area (Å²) in [7, 11) is 0. The third-order valence-electron chi connectivity index (χ3n) is 5.48. The Bertz CT molecular complexity index is 481. The fourth-order valence-corrected chi connectivity index (χ4v) is 3.84. The summed E-state index contributed by atoms with van der Waals surface area (Å²) in [4.78, 5) is 25.2. The molecule has 2 atom stereocenters. The quantitative estimate of drug-likeness (QED) is 0.454. The second kappa shape index (κ2) is 3.81. The molecule has 0 aromatic carbocycles. The minimum atomic E-state index is -1.09. The van der Waals surface area contributed by atoms with Crippen molar-refractivity contribution in [2.24, 2.45) is 21.4 Å². The number of carbonyl (C=O) groups is 2. The van der Waals surface area contributed by atoms with E-state index in [1.54, 1.807) is 0 Å². The monoisotopic (exact) mass is 266 g/mol. The van der Waals surface area contributed by atoms with Crippen molar-refractivity contribution in [2.75, 3.05) is 0 Å². The first-order chi connectivity index (χ1) is 8.65. The van der Waals surface area contributed by atoms with Crippen molar-refractivity contribution < 1.29 is 14.8 Å². The molecule has 2 aliphatic carbocycles. The number of amides is 1. The van der Waals surface area contributed by atoms with E-state index in [0.717, 1.165) is 0 Å². The molecule has 106 valence electrons. The summed E-state index contributed by atoms with van der Waals surface area (Å²) >= 11 is 0. The van der Waals surface area contributed by atoms with Gasteiger partial charge in [-0.2, -0.15) is 0 Å². The van der Waals surface area contributed by atoms with Crippen LogP contribution in [0.25, 0.3) is 0 Å². The van der Waals surface area contributed by atoms with E-state index in [4.69, 9.17) is 5.21 Å². The number of ketones is 1. The predicted molar refractivity (Wildman–Crippen MR) is 71.1 cm³/mol. The van der Waals surface area contributed by atoms with Gasteiger partial charge in [-0.25, -0.2) is 0 Å². The number of nitrogens with one attached hydrogen (secondary N) is 1. The van der Waals surface area contributed by atoms with Crippen LogP contribution in [0.4, 0.5) is 0 Å². The number of rotatable bonds is 2. The maximum Gasteiger partial charge on any atom is 0.234 e. The van der Waals surface area contributed by atoms with E-state index in [1.165, 1.54) is 0 Å². The summed E-state index contributed by atoms with van der Waals surface area (Å²) in [5.41, 5.74) is -2.01. The third kappa shape index (κ3) is 1.33. The Labute approximate surface area is 113 Å². The summed E-state index contributed by atoms with van der Waals surface area (Å²) in [5, 5.41) is 15.2. The first kappa shape index (κ1) is 14.0. The van der Waals surface area contributed by atoms with E-state index < -0.39 is 16.2 Å². The largest absolute Gasteiger partial charge is 0.411 e. The highest BCUT2D eigenvalue weighted by Crippen LogP contribution is 2.69. The number of oxime groups is 1. The number of carbonyl (C=O) groups excluding carboxylic acids is 2. The molecule has 2 fully saturated rings. The Balaban J connectivity index is 2.57. The van der Waals surface area contributed by atoms with Crippen LogP contribution in [0.3, 0.4) is 0 Å². The van der Waals surface area contributed by atoms with Gasteiger partial charge in [-0.3, -0.25) is 9.59 Å². The summed E-state index contributed by atoms with van der Waals surface area (Å²) in [6, 6.07) is -0.0209. The van der Waals surface area contributed by atoms with E-state index in [2.05, 4.69) is 10.5 Å². The van der Waals surface area contributed by atoms with Crippen LogP contribution >= 0.6 is 0 Å². The zero-order valence-corrected chi connectivity index (χ0v) is 12.2. The number of fused-ring (bicyclic) bond motifs is 2. The van der Waals surface area contributed by atoms with Crippen molar-refractivity contribution in [1.29, 1.82) is 0 Å². The van der Waals surface area contributed by atoms with Crippen molar-refractivity contribution >= 4 is 17.4 Å². The topological polar surface area (TPSA) is 78.8 Å². The van der Waals surface area contributed by atoms with E-state index in [9.17, 15) is 9.59 Å². The van der Waals surface area contributed by atoms with Gasteiger partial charge in [-0.1, -0.05) is 25.9 Å². The van der Waals surface area contributed by atoms with Crippen LogP contribution < -0.4 is 5.32 Å². The highest BCUT2D eigenvalue weighted by atomic mass is 16.4. The average Bonchev–Trinajstić information content (AvgIpc) is 2.55. The molecule has 5 nitrogen and oxygen atoms in total. The van der Waals surface area contributed by atoms with Crippen LogP contribution in [0, 0.1) is 16.2 Å². The first-order valence-corrected chi connectivity index (χ1v) is 6.73. The number of hydrogen-bond acceptors (Lipinski definition) is 4. The van der Waals surface area contributed by atoms with E-state index >= 15 is 0 Å². The Morgan fingerprint density at radius 3 is 2.32 bits per heavy atom. The minimum absolute atomic E-state index is 0.0209. The lowest BCUT2D eigenvalue weighted by molar-refractivity contribution is -0.144. The maximum atomic E-state index is 12.6. The molecule has 0 heterocycles. The normalized spacial score (nSPS) is 38.2. The lowest BCUT2D eigenvalue weighted by Crippen LogP contribution is -2.52. The molecular formula is C14H22N2O3. The molecule has 5 heteroatoms. The van der Waals surface area contributed by atoms with Gasteiger partial charge >= 0.3 is 0 Å². The van der Waals surface area contributed by atoms with E-state index in [1.807, 2.05) is 34.6 Å². The first-order valence-electron chi connectivity index (χ1n) is 6.73. The highest BCUT2D eigenvalue weighted by molar-refractivity contribution is 6.50. The van der Waals surface area contributed by atoms with Gasteiger partial charge < -0.3 is 10.5 Å². The molecule has 2 rings (SSSR count). The van der Waals surface area contributed by atoms with Crippen LogP contribution in [0.2, 0.25) is 0 Å². The van der Waals surface area contributed by atoms with Crippen LogP contribution in [-0.2, 0) is 9.59 Å². The van der Waals surface area contributed by atoms with Crippen molar-refractivity contribution in [3.8, 4) is 0 Å². The molecule has 2 saturated carbocycles. The summed E-state index contributed by atoms with van der Waals surface area (Å²) in [6.07, 6.45) is 1.21. The van der Waals surface area contributed by atoms with Gasteiger partial charge in [0.15, 0.2) is 5.78 Å². The summed E-state index contributed by atoms with van der Waals surface area (Å²) in [6.45, 7) is 9.51. The fraction of sp³-hybridized carbons (Fsp3) is 0.786. The zero-order valence-electron chi connectivity index (χ0n) is 12.2. The second-order valence-electron chi connectivity index (χ2n) is 6.77. The molecule has 2 N–H and O–H groups in total.